The average molecular weight is 271 g/mol. The maximum Gasteiger partial charge on any atom is 0.169 e. The van der Waals surface area contributed by atoms with E-state index in [-0.39, 0.29) is 18.0 Å². The lowest BCUT2D eigenvalue weighted by Crippen LogP contribution is -2.03. The lowest BCUT2D eigenvalue weighted by molar-refractivity contribution is 0.0994. The monoisotopic (exact) mass is 271 g/mol. The third kappa shape index (κ3) is 2.32. The van der Waals surface area contributed by atoms with Crippen molar-refractivity contribution >= 4 is 16.7 Å². The van der Waals surface area contributed by atoms with Crippen LogP contribution in [0.2, 0.25) is 0 Å². The number of carbonyl (C=O) groups is 1. The van der Waals surface area contributed by atoms with Crippen LogP contribution in [0.5, 0.6) is 0 Å². The highest BCUT2D eigenvalue weighted by Gasteiger charge is 2.13. The number of carbonyl (C=O) groups excluding carboxylic acids is 1. The molecular weight excluding hydrogens is 260 g/mol. The molecule has 100 valence electrons. The summed E-state index contributed by atoms with van der Waals surface area (Å²) in [6.07, 6.45) is 1.65. The lowest BCUT2D eigenvalue weighted by Gasteiger charge is -2.01. The number of aromatic nitrogens is 1. The summed E-state index contributed by atoms with van der Waals surface area (Å²) < 4.78 is 26.4. The second kappa shape index (κ2) is 4.89. The SMILES string of the molecule is O=C(Cc1cccc(F)c1)c1c[nH]c2ccc(F)cc12. The minimum atomic E-state index is -0.392. The number of Topliss-reactive ketones (excluding diaryl/α,β-unsaturated/α-hetero) is 1. The van der Waals surface area contributed by atoms with Crippen molar-refractivity contribution in [1.29, 1.82) is 0 Å². The van der Waals surface area contributed by atoms with Crippen LogP contribution >= 0.6 is 0 Å². The van der Waals surface area contributed by atoms with Crippen molar-refractivity contribution < 1.29 is 13.6 Å². The second-order valence-electron chi connectivity index (χ2n) is 4.62. The fraction of sp³-hybridized carbons (Fsp3) is 0.0625. The molecule has 1 aromatic heterocycles. The van der Waals surface area contributed by atoms with Crippen molar-refractivity contribution in [2.45, 2.75) is 6.42 Å². The van der Waals surface area contributed by atoms with Crippen molar-refractivity contribution in [2.24, 2.45) is 0 Å². The predicted molar refractivity (Wildman–Crippen MR) is 72.7 cm³/mol. The number of hydrogen-bond donors (Lipinski definition) is 1. The number of H-pyrrole nitrogens is 1. The molecule has 0 spiro atoms. The van der Waals surface area contributed by atoms with Gasteiger partial charge in [0.1, 0.15) is 11.6 Å². The van der Waals surface area contributed by atoms with Crippen LogP contribution in [0.25, 0.3) is 10.9 Å². The van der Waals surface area contributed by atoms with E-state index < -0.39 is 5.82 Å². The van der Waals surface area contributed by atoms with E-state index in [0.717, 1.165) is 0 Å². The Hall–Kier alpha value is -2.49. The molecule has 0 fully saturated rings. The fourth-order valence-electron chi connectivity index (χ4n) is 2.25. The van der Waals surface area contributed by atoms with Gasteiger partial charge in [0.2, 0.25) is 0 Å². The smallest absolute Gasteiger partial charge is 0.169 e. The van der Waals surface area contributed by atoms with Crippen LogP contribution in [-0.2, 0) is 6.42 Å². The van der Waals surface area contributed by atoms with Crippen LogP contribution in [0, 0.1) is 11.6 Å². The maximum atomic E-state index is 13.3. The number of halogens is 2. The Labute approximate surface area is 114 Å². The predicted octanol–water partition coefficient (Wildman–Crippen LogP) is 3.87. The highest BCUT2D eigenvalue weighted by Crippen LogP contribution is 2.21. The third-order valence-corrected chi connectivity index (χ3v) is 3.20. The minimum absolute atomic E-state index is 0.0846. The van der Waals surface area contributed by atoms with Crippen LogP contribution < -0.4 is 0 Å². The normalized spacial score (nSPS) is 10.9. The molecule has 20 heavy (non-hydrogen) atoms. The Bertz CT molecular complexity index is 792. The molecule has 0 saturated carbocycles. The van der Waals surface area contributed by atoms with Gasteiger partial charge in [0.25, 0.3) is 0 Å². The number of hydrogen-bond acceptors (Lipinski definition) is 1. The molecule has 0 aliphatic carbocycles. The molecule has 2 nitrogen and oxygen atoms in total. The van der Waals surface area contributed by atoms with Crippen LogP contribution in [0.1, 0.15) is 15.9 Å². The Morgan fingerprint density at radius 1 is 1.05 bits per heavy atom. The van der Waals surface area contributed by atoms with Crippen molar-refractivity contribution in [2.75, 3.05) is 0 Å². The average Bonchev–Trinajstić information content (AvgIpc) is 2.81. The number of aromatic amines is 1. The summed E-state index contributed by atoms with van der Waals surface area (Å²) in [6.45, 7) is 0. The van der Waals surface area contributed by atoms with Gasteiger partial charge in [-0.25, -0.2) is 8.78 Å². The van der Waals surface area contributed by atoms with E-state index in [1.807, 2.05) is 0 Å². The molecule has 3 rings (SSSR count). The van der Waals surface area contributed by atoms with E-state index in [2.05, 4.69) is 4.98 Å². The third-order valence-electron chi connectivity index (χ3n) is 3.20. The standard InChI is InChI=1S/C16H11F2NO/c17-11-3-1-2-10(6-11)7-16(20)14-9-19-15-5-4-12(18)8-13(14)15/h1-6,8-9,19H,7H2. The fourth-order valence-corrected chi connectivity index (χ4v) is 2.25. The van der Waals surface area contributed by atoms with E-state index >= 15 is 0 Å². The van der Waals surface area contributed by atoms with Gasteiger partial charge >= 0.3 is 0 Å². The quantitative estimate of drug-likeness (QED) is 0.721. The number of fused-ring (bicyclic) bond motifs is 1. The molecular formula is C16H11F2NO. The number of ketones is 1. The van der Waals surface area contributed by atoms with Crippen LogP contribution in [0.3, 0.4) is 0 Å². The summed E-state index contributed by atoms with van der Waals surface area (Å²) in [5.41, 5.74) is 1.72. The minimum Gasteiger partial charge on any atom is -0.360 e. The van der Waals surface area contributed by atoms with E-state index in [4.69, 9.17) is 0 Å². The van der Waals surface area contributed by atoms with Gasteiger partial charge in [-0.1, -0.05) is 12.1 Å². The largest absolute Gasteiger partial charge is 0.360 e. The van der Waals surface area contributed by atoms with Gasteiger partial charge < -0.3 is 4.98 Å². The van der Waals surface area contributed by atoms with E-state index in [0.29, 0.717) is 22.0 Å². The molecule has 0 aliphatic heterocycles. The first-order valence-corrected chi connectivity index (χ1v) is 6.18. The number of rotatable bonds is 3. The molecule has 0 saturated heterocycles. The van der Waals surface area contributed by atoms with Gasteiger partial charge in [-0.05, 0) is 35.9 Å². The molecule has 0 amide bonds. The van der Waals surface area contributed by atoms with Gasteiger partial charge in [-0.3, -0.25) is 4.79 Å². The molecule has 1 heterocycles. The molecule has 0 aliphatic rings. The number of benzene rings is 2. The summed E-state index contributed by atoms with van der Waals surface area (Å²) in [4.78, 5) is 15.2. The first-order valence-electron chi connectivity index (χ1n) is 6.18. The van der Waals surface area contributed by atoms with E-state index in [1.165, 1.54) is 24.3 Å². The zero-order chi connectivity index (χ0) is 14.1. The Morgan fingerprint density at radius 3 is 2.65 bits per heavy atom. The topological polar surface area (TPSA) is 32.9 Å². The first-order chi connectivity index (χ1) is 9.63. The zero-order valence-electron chi connectivity index (χ0n) is 10.5. The molecule has 0 radical (unpaired) electrons. The maximum absolute atomic E-state index is 13.3. The first kappa shape index (κ1) is 12.5. The Balaban J connectivity index is 1.94. The molecule has 2 aromatic carbocycles. The molecule has 4 heteroatoms. The Morgan fingerprint density at radius 2 is 1.85 bits per heavy atom. The van der Waals surface area contributed by atoms with Gasteiger partial charge in [-0.15, -0.1) is 0 Å². The molecule has 0 bridgehead atoms. The van der Waals surface area contributed by atoms with Gasteiger partial charge in [-0.2, -0.15) is 0 Å². The zero-order valence-corrected chi connectivity index (χ0v) is 10.5. The summed E-state index contributed by atoms with van der Waals surface area (Å²) in [6, 6.07) is 10.2. The molecule has 0 atom stereocenters. The van der Waals surface area contributed by atoms with Crippen molar-refractivity contribution in [3.05, 3.63) is 71.4 Å². The van der Waals surface area contributed by atoms with Gasteiger partial charge in [0.15, 0.2) is 5.78 Å². The summed E-state index contributed by atoms with van der Waals surface area (Å²) >= 11 is 0. The highest BCUT2D eigenvalue weighted by molar-refractivity contribution is 6.08. The van der Waals surface area contributed by atoms with E-state index in [1.54, 1.807) is 24.4 Å². The molecule has 1 N–H and O–H groups in total. The Kier molecular flexibility index (Phi) is 3.06. The van der Waals surface area contributed by atoms with Crippen molar-refractivity contribution in [3.63, 3.8) is 0 Å². The lowest BCUT2D eigenvalue weighted by atomic mass is 10.0. The summed E-state index contributed by atoms with van der Waals surface area (Å²) in [5, 5.41) is 0.548. The van der Waals surface area contributed by atoms with Crippen LogP contribution in [0.15, 0.2) is 48.7 Å². The van der Waals surface area contributed by atoms with Crippen LogP contribution in [0.4, 0.5) is 8.78 Å². The van der Waals surface area contributed by atoms with Crippen molar-refractivity contribution in [3.8, 4) is 0 Å². The molecule has 3 aromatic rings. The summed E-state index contributed by atoms with van der Waals surface area (Å²) in [7, 11) is 0. The number of nitrogens with one attached hydrogen (secondary N) is 1. The highest BCUT2D eigenvalue weighted by atomic mass is 19.1. The van der Waals surface area contributed by atoms with Crippen LogP contribution in [-0.4, -0.2) is 10.8 Å². The van der Waals surface area contributed by atoms with E-state index in [9.17, 15) is 13.6 Å². The van der Waals surface area contributed by atoms with Gasteiger partial charge in [0, 0.05) is 29.1 Å². The van der Waals surface area contributed by atoms with Gasteiger partial charge in [0.05, 0.1) is 0 Å². The summed E-state index contributed by atoms with van der Waals surface area (Å²) in [5.74, 6) is -0.940. The molecule has 0 unspecified atom stereocenters. The van der Waals surface area contributed by atoms with Crippen molar-refractivity contribution in [1.82, 2.24) is 4.98 Å². The second-order valence-corrected chi connectivity index (χ2v) is 4.62.